The molecule has 0 aliphatic carbocycles. The van der Waals surface area contributed by atoms with E-state index in [2.05, 4.69) is 5.32 Å². The molecule has 0 saturated carbocycles. The second-order valence-corrected chi connectivity index (χ2v) is 8.36. The molecule has 0 fully saturated rings. The lowest BCUT2D eigenvalue weighted by atomic mass is 9.69. The summed E-state index contributed by atoms with van der Waals surface area (Å²) < 4.78 is -0.750. The zero-order valence-electron chi connectivity index (χ0n) is 15.0. The average Bonchev–Trinajstić information content (AvgIpc) is 2.96. The van der Waals surface area contributed by atoms with Gasteiger partial charge >= 0.3 is 0 Å². The summed E-state index contributed by atoms with van der Waals surface area (Å²) in [5, 5.41) is 13.6. The number of anilines is 1. The van der Waals surface area contributed by atoms with E-state index in [-0.39, 0.29) is 11.7 Å². The highest BCUT2D eigenvalue weighted by Crippen LogP contribution is 2.50. The summed E-state index contributed by atoms with van der Waals surface area (Å²) in [5.74, 6) is -0.0212. The molecule has 1 aliphatic rings. The number of hydrogen-bond acceptors (Lipinski definition) is 2. The fourth-order valence-electron chi connectivity index (χ4n) is 3.61. The van der Waals surface area contributed by atoms with E-state index in [1.165, 1.54) is 0 Å². The number of phenols is 1. The van der Waals surface area contributed by atoms with Crippen LogP contribution < -0.4 is 5.32 Å². The Bertz CT molecular complexity index is 989. The summed E-state index contributed by atoms with van der Waals surface area (Å²) >= 11 is 14.4. The predicted molar refractivity (Wildman–Crippen MR) is 116 cm³/mol. The Hall–Kier alpha value is -2.20. The van der Waals surface area contributed by atoms with Crippen molar-refractivity contribution in [1.82, 2.24) is 0 Å². The number of benzene rings is 3. The zero-order valence-corrected chi connectivity index (χ0v) is 17.3. The van der Waals surface area contributed by atoms with Crippen LogP contribution in [0.1, 0.15) is 22.3 Å². The molecule has 4 rings (SSSR count). The fraction of sp³-hybridized carbons (Fsp3) is 0.136. The lowest BCUT2D eigenvalue weighted by Gasteiger charge is -2.29. The Morgan fingerprint density at radius 1 is 0.893 bits per heavy atom. The van der Waals surface area contributed by atoms with Crippen molar-refractivity contribution in [3.8, 4) is 5.75 Å². The molecule has 1 heterocycles. The van der Waals surface area contributed by atoms with Gasteiger partial charge in [0.2, 0.25) is 5.91 Å². The Balaban J connectivity index is 0.000000516. The second kappa shape index (κ2) is 8.44. The number of aryl methyl sites for hydroxylation is 1. The highest BCUT2D eigenvalue weighted by atomic mass is 35.6. The number of fused-ring (bicyclic) bond motifs is 1. The highest BCUT2D eigenvalue weighted by Gasteiger charge is 2.50. The normalized spacial score (nSPS) is 17.5. The van der Waals surface area contributed by atoms with Crippen molar-refractivity contribution >= 4 is 46.4 Å². The van der Waals surface area contributed by atoms with Gasteiger partial charge in [-0.05, 0) is 24.6 Å². The molecule has 0 saturated heterocycles. The van der Waals surface area contributed by atoms with Gasteiger partial charge in [0.1, 0.15) is 11.2 Å². The van der Waals surface area contributed by atoms with E-state index in [4.69, 9.17) is 34.8 Å². The molecule has 144 valence electrons. The van der Waals surface area contributed by atoms with Crippen molar-refractivity contribution in [1.29, 1.82) is 0 Å². The van der Waals surface area contributed by atoms with E-state index in [9.17, 15) is 9.90 Å². The Kier molecular flexibility index (Phi) is 6.19. The van der Waals surface area contributed by atoms with Gasteiger partial charge in [0.05, 0.1) is 0 Å². The maximum atomic E-state index is 13.2. The van der Waals surface area contributed by atoms with Crippen LogP contribution in [-0.2, 0) is 10.2 Å². The smallest absolute Gasteiger partial charge is 0.244 e. The second-order valence-electron chi connectivity index (χ2n) is 6.38. The summed E-state index contributed by atoms with van der Waals surface area (Å²) in [4.78, 5) is 13.2. The first-order valence-electron chi connectivity index (χ1n) is 8.56. The van der Waals surface area contributed by atoms with Crippen molar-refractivity contribution < 1.29 is 9.90 Å². The number of halogens is 3. The molecule has 3 aromatic carbocycles. The van der Waals surface area contributed by atoms with E-state index < -0.39 is 9.71 Å². The standard InChI is InChI=1S/C21H17NO2.CHCl3/c1-14-11-12-19(23)17(13-14)21(15-7-3-2-4-8-15)16-9-5-6-10-18(16)22-20(21)24;2-1(3)4/h2-13,23H,1H3,(H,22,24);1H/t21-;/m0./s1. The van der Waals surface area contributed by atoms with Crippen LogP contribution in [0.15, 0.2) is 72.8 Å². The minimum Gasteiger partial charge on any atom is -0.508 e. The lowest BCUT2D eigenvalue weighted by molar-refractivity contribution is -0.118. The summed E-state index contributed by atoms with van der Waals surface area (Å²) in [5.41, 5.74) is 3.04. The van der Waals surface area contributed by atoms with E-state index in [0.29, 0.717) is 5.56 Å². The zero-order chi connectivity index (χ0) is 20.3. The SMILES string of the molecule is Cc1ccc(O)c([C@@]2(c3ccccc3)C(=O)Nc3ccccc32)c1.ClC(Cl)Cl. The molecule has 6 heteroatoms. The first-order chi connectivity index (χ1) is 13.4. The van der Waals surface area contributed by atoms with E-state index in [1.807, 2.05) is 73.7 Å². The van der Waals surface area contributed by atoms with Crippen molar-refractivity contribution in [3.05, 3.63) is 95.1 Å². The van der Waals surface area contributed by atoms with Crippen molar-refractivity contribution in [2.24, 2.45) is 0 Å². The summed E-state index contributed by atoms with van der Waals surface area (Å²) in [6, 6.07) is 22.7. The number of rotatable bonds is 2. The van der Waals surface area contributed by atoms with E-state index in [1.54, 1.807) is 6.07 Å². The van der Waals surface area contributed by atoms with Gasteiger partial charge in [-0.15, -0.1) is 0 Å². The quantitative estimate of drug-likeness (QED) is 0.488. The van der Waals surface area contributed by atoms with Gasteiger partial charge in [-0.2, -0.15) is 0 Å². The number of phenolic OH excluding ortho intramolecular Hbond substituents is 1. The Morgan fingerprint density at radius 2 is 1.50 bits per heavy atom. The van der Waals surface area contributed by atoms with Crippen LogP contribution in [0.5, 0.6) is 5.75 Å². The van der Waals surface area contributed by atoms with Gasteiger partial charge in [-0.25, -0.2) is 0 Å². The molecule has 1 atom stereocenters. The number of alkyl halides is 3. The van der Waals surface area contributed by atoms with Gasteiger partial charge in [0.25, 0.3) is 0 Å². The molecule has 0 spiro atoms. The van der Waals surface area contributed by atoms with Gasteiger partial charge in [-0.1, -0.05) is 101 Å². The van der Waals surface area contributed by atoms with Crippen LogP contribution in [0.25, 0.3) is 0 Å². The van der Waals surface area contributed by atoms with Crippen molar-refractivity contribution in [2.45, 2.75) is 16.6 Å². The van der Waals surface area contributed by atoms with Gasteiger partial charge < -0.3 is 10.4 Å². The molecule has 3 aromatic rings. The third-order valence-electron chi connectivity index (χ3n) is 4.68. The summed E-state index contributed by atoms with van der Waals surface area (Å²) in [6.45, 7) is 1.96. The number of hydrogen-bond donors (Lipinski definition) is 2. The van der Waals surface area contributed by atoms with Crippen molar-refractivity contribution in [3.63, 3.8) is 0 Å². The largest absolute Gasteiger partial charge is 0.508 e. The number of amides is 1. The molecule has 3 nitrogen and oxygen atoms in total. The number of nitrogens with one attached hydrogen (secondary N) is 1. The van der Waals surface area contributed by atoms with Crippen LogP contribution in [0.2, 0.25) is 0 Å². The molecule has 28 heavy (non-hydrogen) atoms. The fourth-order valence-corrected chi connectivity index (χ4v) is 3.61. The molecule has 0 aromatic heterocycles. The van der Waals surface area contributed by atoms with Crippen molar-refractivity contribution in [2.75, 3.05) is 5.32 Å². The maximum absolute atomic E-state index is 13.2. The minimum absolute atomic E-state index is 0.122. The van der Waals surface area contributed by atoms with Crippen LogP contribution in [0, 0.1) is 6.92 Å². The number of carbonyl (C=O) groups is 1. The van der Waals surface area contributed by atoms with Gasteiger partial charge in [0, 0.05) is 16.8 Å². The minimum atomic E-state index is -1.05. The van der Waals surface area contributed by atoms with Crippen LogP contribution in [-0.4, -0.2) is 15.3 Å². The molecule has 0 radical (unpaired) electrons. The molecular formula is C22H18Cl3NO2. The van der Waals surface area contributed by atoms with E-state index in [0.717, 1.165) is 22.4 Å². The third-order valence-corrected chi connectivity index (χ3v) is 4.68. The number of carbonyl (C=O) groups excluding carboxylic acids is 1. The predicted octanol–water partition coefficient (Wildman–Crippen LogP) is 5.97. The maximum Gasteiger partial charge on any atom is 0.244 e. The lowest BCUT2D eigenvalue weighted by Crippen LogP contribution is -2.37. The van der Waals surface area contributed by atoms with Gasteiger partial charge in [0.15, 0.2) is 4.30 Å². The molecule has 1 amide bonds. The Labute approximate surface area is 178 Å². The first-order valence-corrected chi connectivity index (χ1v) is 9.87. The monoisotopic (exact) mass is 433 g/mol. The molecule has 1 aliphatic heterocycles. The molecule has 0 unspecified atom stereocenters. The average molecular weight is 435 g/mol. The van der Waals surface area contributed by atoms with E-state index >= 15 is 0 Å². The van der Waals surface area contributed by atoms with Crippen LogP contribution in [0.4, 0.5) is 5.69 Å². The molecule has 2 N–H and O–H groups in total. The summed E-state index contributed by atoms with van der Waals surface area (Å²) in [6.07, 6.45) is 0. The first kappa shape index (κ1) is 20.5. The van der Waals surface area contributed by atoms with Crippen LogP contribution in [0.3, 0.4) is 0 Å². The van der Waals surface area contributed by atoms with Gasteiger partial charge in [-0.3, -0.25) is 4.79 Å². The molecule has 0 bridgehead atoms. The summed E-state index contributed by atoms with van der Waals surface area (Å²) in [7, 11) is 0. The number of aromatic hydroxyl groups is 1. The third kappa shape index (κ3) is 3.70. The Morgan fingerprint density at radius 3 is 2.18 bits per heavy atom. The topological polar surface area (TPSA) is 49.3 Å². The van der Waals surface area contributed by atoms with Crippen LogP contribution >= 0.6 is 34.8 Å². The molecular weight excluding hydrogens is 417 g/mol. The number of para-hydroxylation sites is 1. The highest BCUT2D eigenvalue weighted by molar-refractivity contribution is 6.63.